The van der Waals surface area contributed by atoms with Crippen molar-refractivity contribution >= 4 is 51.5 Å². The summed E-state index contributed by atoms with van der Waals surface area (Å²) in [4.78, 5) is 11.9. The number of hydrogen-bond acceptors (Lipinski definition) is 7. The minimum absolute atomic E-state index is 0.266. The maximum absolute atomic E-state index is 12.9. The monoisotopic (exact) mass is 490 g/mol. The second-order valence-electron chi connectivity index (χ2n) is 7.72. The molecule has 8 heteroatoms. The zero-order chi connectivity index (χ0) is 23.7. The van der Waals surface area contributed by atoms with Crippen LogP contribution in [0.25, 0.3) is 0 Å². The number of halogens is 1. The molecule has 0 aromatic heterocycles. The predicted molar refractivity (Wildman–Crippen MR) is 139 cm³/mol. The molecule has 0 saturated heterocycles. The second-order valence-corrected chi connectivity index (χ2v) is 9.31. The molecule has 3 aromatic rings. The van der Waals surface area contributed by atoms with Crippen LogP contribution in [0.2, 0.25) is 5.02 Å². The van der Waals surface area contributed by atoms with E-state index in [1.165, 1.54) is 11.8 Å². The first kappa shape index (κ1) is 22.5. The van der Waals surface area contributed by atoms with Crippen LogP contribution in [0.5, 0.6) is 0 Å². The number of anilines is 2. The lowest BCUT2D eigenvalue weighted by Gasteiger charge is -2.47. The van der Waals surface area contributed by atoms with Gasteiger partial charge in [0.15, 0.2) is 0 Å². The van der Waals surface area contributed by atoms with E-state index in [4.69, 9.17) is 26.5 Å². The SMILES string of the molecule is CCOC(=O)C1=NN(c2ccc(Cl)cc2)[C@@]2(S1)c1ccccc1C(CC)=NN2c1ccccc1. The van der Waals surface area contributed by atoms with Crippen LogP contribution in [0.3, 0.4) is 0 Å². The van der Waals surface area contributed by atoms with Gasteiger partial charge in [0.25, 0.3) is 0 Å². The van der Waals surface area contributed by atoms with E-state index in [1.807, 2.05) is 76.7 Å². The highest BCUT2D eigenvalue weighted by molar-refractivity contribution is 8.16. The lowest BCUT2D eigenvalue weighted by Crippen LogP contribution is -2.54. The fraction of sp³-hybridized carbons (Fsp3) is 0.192. The highest BCUT2D eigenvalue weighted by Gasteiger charge is 2.56. The molecule has 0 unspecified atom stereocenters. The molecule has 0 N–H and O–H groups in total. The van der Waals surface area contributed by atoms with Crippen LogP contribution < -0.4 is 10.0 Å². The zero-order valence-electron chi connectivity index (χ0n) is 18.8. The number of ether oxygens (including phenoxy) is 1. The van der Waals surface area contributed by atoms with Crippen LogP contribution in [-0.4, -0.2) is 23.3 Å². The van der Waals surface area contributed by atoms with Crippen molar-refractivity contribution in [2.24, 2.45) is 10.2 Å². The summed E-state index contributed by atoms with van der Waals surface area (Å²) < 4.78 is 5.34. The lowest BCUT2D eigenvalue weighted by molar-refractivity contribution is -0.134. The van der Waals surface area contributed by atoms with Crippen molar-refractivity contribution in [3.63, 3.8) is 0 Å². The smallest absolute Gasteiger partial charge is 0.365 e. The second kappa shape index (κ2) is 9.16. The molecule has 1 spiro atoms. The van der Waals surface area contributed by atoms with Crippen LogP contribution in [0, 0.1) is 0 Å². The molecule has 0 saturated carbocycles. The Hall–Kier alpha value is -3.29. The predicted octanol–water partition coefficient (Wildman–Crippen LogP) is 6.21. The standard InChI is InChI=1S/C26H23ClN4O2S/c1-3-23-21-12-8-9-13-22(21)26(30(28-23)19-10-6-5-7-11-19)31(20-16-14-18(27)15-17-20)29-24(34-26)25(32)33-4-2/h5-17H,3-4H2,1-2H3/t26-/m1/s1. The number of thioether (sulfide) groups is 1. The average Bonchev–Trinajstić information content (AvgIpc) is 3.27. The van der Waals surface area contributed by atoms with Crippen LogP contribution in [0.1, 0.15) is 31.4 Å². The summed E-state index contributed by atoms with van der Waals surface area (Å²) in [5.41, 5.74) is 4.65. The van der Waals surface area contributed by atoms with Gasteiger partial charge >= 0.3 is 5.97 Å². The van der Waals surface area contributed by atoms with Gasteiger partial charge in [-0.05, 0) is 61.5 Å². The summed E-state index contributed by atoms with van der Waals surface area (Å²) in [6.07, 6.45) is 0.758. The number of nitrogens with zero attached hydrogens (tertiary/aromatic N) is 4. The van der Waals surface area contributed by atoms with Crippen LogP contribution in [-0.2, 0) is 14.5 Å². The minimum atomic E-state index is -0.980. The fourth-order valence-corrected chi connectivity index (χ4v) is 5.60. The molecule has 0 amide bonds. The first-order valence-corrected chi connectivity index (χ1v) is 12.3. The largest absolute Gasteiger partial charge is 0.461 e. The Kier molecular flexibility index (Phi) is 6.06. The van der Waals surface area contributed by atoms with E-state index in [9.17, 15) is 4.79 Å². The third kappa shape index (κ3) is 3.65. The van der Waals surface area contributed by atoms with Gasteiger partial charge in [-0.1, -0.05) is 61.0 Å². The Bertz CT molecular complexity index is 1280. The Balaban J connectivity index is 1.79. The van der Waals surface area contributed by atoms with E-state index in [0.29, 0.717) is 5.02 Å². The van der Waals surface area contributed by atoms with Gasteiger partial charge < -0.3 is 4.74 Å². The van der Waals surface area contributed by atoms with Gasteiger partial charge in [-0.3, -0.25) is 0 Å². The fourth-order valence-electron chi connectivity index (χ4n) is 4.19. The van der Waals surface area contributed by atoms with Gasteiger partial charge in [0.1, 0.15) is 0 Å². The topological polar surface area (TPSA) is 57.5 Å². The van der Waals surface area contributed by atoms with E-state index in [0.717, 1.165) is 34.6 Å². The molecule has 2 aliphatic heterocycles. The van der Waals surface area contributed by atoms with Crippen molar-refractivity contribution in [2.75, 3.05) is 16.6 Å². The molecule has 0 radical (unpaired) electrons. The van der Waals surface area contributed by atoms with Crippen molar-refractivity contribution in [1.82, 2.24) is 0 Å². The Morgan fingerprint density at radius 2 is 1.56 bits per heavy atom. The van der Waals surface area contributed by atoms with Gasteiger partial charge in [0.2, 0.25) is 10.0 Å². The molecule has 2 heterocycles. The Morgan fingerprint density at radius 3 is 2.26 bits per heavy atom. The summed E-state index contributed by atoms with van der Waals surface area (Å²) in [6.45, 7) is 4.15. The molecule has 172 valence electrons. The number of para-hydroxylation sites is 1. The molecule has 0 aliphatic carbocycles. The quantitative estimate of drug-likeness (QED) is 0.398. The number of hydrazone groups is 2. The van der Waals surface area contributed by atoms with E-state index in [-0.39, 0.29) is 11.7 Å². The number of fused-ring (bicyclic) bond motifs is 2. The summed E-state index contributed by atoms with van der Waals surface area (Å²) in [5.74, 6) is -0.459. The molecule has 2 aliphatic rings. The van der Waals surface area contributed by atoms with Crippen molar-refractivity contribution < 1.29 is 9.53 Å². The maximum atomic E-state index is 12.9. The highest BCUT2D eigenvalue weighted by atomic mass is 35.5. The maximum Gasteiger partial charge on any atom is 0.365 e. The van der Waals surface area contributed by atoms with E-state index < -0.39 is 11.0 Å². The highest BCUT2D eigenvalue weighted by Crippen LogP contribution is 2.54. The average molecular weight is 491 g/mol. The van der Waals surface area contributed by atoms with Crippen LogP contribution >= 0.6 is 23.4 Å². The zero-order valence-corrected chi connectivity index (χ0v) is 20.4. The minimum Gasteiger partial charge on any atom is -0.461 e. The lowest BCUT2D eigenvalue weighted by atomic mass is 9.96. The van der Waals surface area contributed by atoms with Gasteiger partial charge in [-0.25, -0.2) is 14.8 Å². The number of rotatable bonds is 5. The third-order valence-corrected chi connectivity index (χ3v) is 7.21. The summed E-state index contributed by atoms with van der Waals surface area (Å²) in [7, 11) is 0. The first-order valence-electron chi connectivity index (χ1n) is 11.1. The number of hydrogen-bond donors (Lipinski definition) is 0. The number of esters is 1. The van der Waals surface area contributed by atoms with E-state index in [1.54, 1.807) is 6.92 Å². The number of benzene rings is 3. The van der Waals surface area contributed by atoms with Gasteiger partial charge in [0.05, 0.1) is 23.7 Å². The normalized spacial score (nSPS) is 19.0. The molecule has 6 nitrogen and oxygen atoms in total. The van der Waals surface area contributed by atoms with Crippen molar-refractivity contribution in [3.8, 4) is 0 Å². The van der Waals surface area contributed by atoms with E-state index >= 15 is 0 Å². The van der Waals surface area contributed by atoms with Gasteiger partial charge in [0, 0.05) is 16.1 Å². The molecule has 3 aromatic carbocycles. The molecule has 1 atom stereocenters. The molecule has 0 bridgehead atoms. The van der Waals surface area contributed by atoms with Crippen LogP contribution in [0.4, 0.5) is 11.4 Å². The first-order chi connectivity index (χ1) is 16.6. The third-order valence-electron chi connectivity index (χ3n) is 5.67. The molecular formula is C26H23ClN4O2S. The Labute approximate surface area is 207 Å². The number of carbonyl (C=O) groups excluding carboxylic acids is 1. The van der Waals surface area contributed by atoms with Gasteiger partial charge in [-0.15, -0.1) is 0 Å². The summed E-state index contributed by atoms with van der Waals surface area (Å²) >= 11 is 7.53. The molecule has 34 heavy (non-hydrogen) atoms. The van der Waals surface area contributed by atoms with Crippen molar-refractivity contribution in [2.45, 2.75) is 25.3 Å². The van der Waals surface area contributed by atoms with Crippen LogP contribution in [0.15, 0.2) is 89.1 Å². The number of carbonyl (C=O) groups is 1. The summed E-state index contributed by atoms with van der Waals surface area (Å²) in [5, 5.41) is 14.6. The van der Waals surface area contributed by atoms with Crippen molar-refractivity contribution in [1.29, 1.82) is 0 Å². The molecule has 5 rings (SSSR count). The molecule has 0 fully saturated rings. The van der Waals surface area contributed by atoms with E-state index in [2.05, 4.69) is 19.1 Å². The van der Waals surface area contributed by atoms with Crippen molar-refractivity contribution in [3.05, 3.63) is 95.0 Å². The van der Waals surface area contributed by atoms with Gasteiger partial charge in [-0.2, -0.15) is 10.2 Å². The Morgan fingerprint density at radius 1 is 0.912 bits per heavy atom. The molecular weight excluding hydrogens is 468 g/mol. The summed E-state index contributed by atoms with van der Waals surface area (Å²) in [6, 6.07) is 25.5.